The number of fused-ring (bicyclic) bond motifs is 1. The number of rotatable bonds is 0. The quantitative estimate of drug-likeness (QED) is 0.517. The van der Waals surface area contributed by atoms with Crippen LogP contribution in [0.15, 0.2) is 0 Å². The Morgan fingerprint density at radius 2 is 1.21 bits per heavy atom. The van der Waals surface area contributed by atoms with E-state index < -0.39 is 5.41 Å². The topological polar surface area (TPSA) is 26.3 Å². The van der Waals surface area contributed by atoms with E-state index in [1.807, 2.05) is 20.8 Å². The van der Waals surface area contributed by atoms with Crippen LogP contribution < -0.4 is 4.74 Å². The minimum absolute atomic E-state index is 0.129. The fourth-order valence-corrected chi connectivity index (χ4v) is 2.95. The van der Waals surface area contributed by atoms with Gasteiger partial charge in [-0.15, -0.1) is 0 Å². The number of benzene rings is 1. The van der Waals surface area contributed by atoms with Gasteiger partial charge in [0.1, 0.15) is 5.75 Å². The van der Waals surface area contributed by atoms with Crippen LogP contribution in [0.3, 0.4) is 0 Å². The minimum Gasteiger partial charge on any atom is -0.425 e. The lowest BCUT2D eigenvalue weighted by Gasteiger charge is -2.46. The van der Waals surface area contributed by atoms with E-state index in [1.54, 1.807) is 0 Å². The summed E-state index contributed by atoms with van der Waals surface area (Å²) in [6, 6.07) is 0. The van der Waals surface area contributed by atoms with E-state index in [0.29, 0.717) is 0 Å². The Kier molecular flexibility index (Phi) is 2.85. The predicted molar refractivity (Wildman–Crippen MR) is 77.8 cm³/mol. The van der Waals surface area contributed by atoms with Gasteiger partial charge < -0.3 is 4.74 Å². The third kappa shape index (κ3) is 1.58. The molecular formula is C17H24O2. The van der Waals surface area contributed by atoms with Crippen LogP contribution in [-0.4, -0.2) is 5.97 Å². The maximum absolute atomic E-state index is 12.3. The molecule has 0 spiro atoms. The van der Waals surface area contributed by atoms with Crippen molar-refractivity contribution >= 4 is 5.97 Å². The Morgan fingerprint density at radius 3 is 1.74 bits per heavy atom. The van der Waals surface area contributed by atoms with Gasteiger partial charge in [0.05, 0.1) is 5.41 Å². The first kappa shape index (κ1) is 14.1. The maximum Gasteiger partial charge on any atom is 0.317 e. The lowest BCUT2D eigenvalue weighted by molar-refractivity contribution is -0.150. The Morgan fingerprint density at radius 1 is 0.737 bits per heavy atom. The van der Waals surface area contributed by atoms with E-state index in [2.05, 4.69) is 34.6 Å². The van der Waals surface area contributed by atoms with E-state index >= 15 is 0 Å². The van der Waals surface area contributed by atoms with Crippen LogP contribution in [-0.2, 0) is 10.2 Å². The summed E-state index contributed by atoms with van der Waals surface area (Å²) < 4.78 is 5.69. The first-order valence-corrected chi connectivity index (χ1v) is 6.86. The monoisotopic (exact) mass is 260 g/mol. The number of carbonyl (C=O) groups excluding carboxylic acids is 1. The number of esters is 1. The third-order valence-electron chi connectivity index (χ3n) is 5.52. The molecule has 0 aromatic heterocycles. The van der Waals surface area contributed by atoms with Crippen molar-refractivity contribution in [1.29, 1.82) is 0 Å². The summed E-state index contributed by atoms with van der Waals surface area (Å²) in [5.41, 5.74) is 5.32. The molecule has 1 aliphatic rings. The van der Waals surface area contributed by atoms with Gasteiger partial charge in [0.15, 0.2) is 0 Å². The average molecular weight is 260 g/mol. The van der Waals surface area contributed by atoms with Crippen molar-refractivity contribution in [1.82, 2.24) is 0 Å². The molecule has 0 atom stereocenters. The number of carbonyl (C=O) groups is 1. The van der Waals surface area contributed by atoms with Gasteiger partial charge in [-0.05, 0) is 63.8 Å². The molecule has 0 saturated heterocycles. The van der Waals surface area contributed by atoms with Crippen LogP contribution in [0.25, 0.3) is 0 Å². The number of hydrogen-bond acceptors (Lipinski definition) is 2. The van der Waals surface area contributed by atoms with Crippen LogP contribution in [0.4, 0.5) is 0 Å². The summed E-state index contributed by atoms with van der Waals surface area (Å²) in [5, 5.41) is 0. The lowest BCUT2D eigenvalue weighted by Crippen LogP contribution is -2.49. The second-order valence-corrected chi connectivity index (χ2v) is 6.84. The smallest absolute Gasteiger partial charge is 0.317 e. The van der Waals surface area contributed by atoms with Crippen molar-refractivity contribution < 1.29 is 9.53 Å². The van der Waals surface area contributed by atoms with Gasteiger partial charge in [-0.25, -0.2) is 0 Å². The molecule has 2 heteroatoms. The molecule has 0 fully saturated rings. The molecule has 0 N–H and O–H groups in total. The molecule has 2 rings (SSSR count). The Bertz CT molecular complexity index is 578. The second kappa shape index (κ2) is 3.84. The van der Waals surface area contributed by atoms with Gasteiger partial charge in [-0.1, -0.05) is 13.8 Å². The first-order valence-electron chi connectivity index (χ1n) is 6.86. The fourth-order valence-electron chi connectivity index (χ4n) is 2.95. The summed E-state index contributed by atoms with van der Waals surface area (Å²) >= 11 is 0. The zero-order valence-corrected chi connectivity index (χ0v) is 13.3. The average Bonchev–Trinajstić information content (AvgIpc) is 2.31. The molecule has 104 valence electrons. The van der Waals surface area contributed by atoms with Crippen LogP contribution in [0.2, 0.25) is 0 Å². The number of hydrogen-bond donors (Lipinski definition) is 0. The molecule has 0 amide bonds. The molecular weight excluding hydrogens is 236 g/mol. The van der Waals surface area contributed by atoms with Crippen LogP contribution in [0.1, 0.15) is 55.5 Å². The highest BCUT2D eigenvalue weighted by atomic mass is 16.5. The van der Waals surface area contributed by atoms with Gasteiger partial charge in [0.25, 0.3) is 0 Å². The Labute approximate surface area is 116 Å². The number of ether oxygens (including phenoxy) is 1. The molecule has 0 radical (unpaired) electrons. The van der Waals surface area contributed by atoms with Crippen LogP contribution >= 0.6 is 0 Å². The van der Waals surface area contributed by atoms with E-state index in [9.17, 15) is 4.79 Å². The van der Waals surface area contributed by atoms with Crippen molar-refractivity contribution in [3.63, 3.8) is 0 Å². The van der Waals surface area contributed by atoms with Gasteiger partial charge in [-0.3, -0.25) is 4.79 Å². The molecule has 1 aromatic carbocycles. The second-order valence-electron chi connectivity index (χ2n) is 6.84. The van der Waals surface area contributed by atoms with E-state index in [4.69, 9.17) is 4.74 Å². The van der Waals surface area contributed by atoms with E-state index in [0.717, 1.165) is 11.3 Å². The lowest BCUT2D eigenvalue weighted by atomic mass is 9.61. The van der Waals surface area contributed by atoms with Gasteiger partial charge in [-0.2, -0.15) is 0 Å². The SMILES string of the molecule is Cc1c(C)c(C)c2c(c1C)OC(=O)C(C)(C)C2(C)C. The molecule has 0 saturated carbocycles. The van der Waals surface area contributed by atoms with Gasteiger partial charge >= 0.3 is 5.97 Å². The molecule has 1 heterocycles. The van der Waals surface area contributed by atoms with Crippen molar-refractivity contribution in [2.75, 3.05) is 0 Å². The molecule has 19 heavy (non-hydrogen) atoms. The van der Waals surface area contributed by atoms with Crippen molar-refractivity contribution in [2.45, 2.75) is 60.8 Å². The largest absolute Gasteiger partial charge is 0.425 e. The summed E-state index contributed by atoms with van der Waals surface area (Å²) in [4.78, 5) is 12.3. The molecule has 0 bridgehead atoms. The minimum atomic E-state index is -0.515. The van der Waals surface area contributed by atoms with Crippen molar-refractivity contribution in [3.8, 4) is 5.75 Å². The van der Waals surface area contributed by atoms with Crippen LogP contribution in [0.5, 0.6) is 5.75 Å². The molecule has 1 aromatic rings. The van der Waals surface area contributed by atoms with Gasteiger partial charge in [0.2, 0.25) is 0 Å². The highest BCUT2D eigenvalue weighted by Gasteiger charge is 2.51. The zero-order chi connectivity index (χ0) is 14.7. The predicted octanol–water partition coefficient (Wildman–Crippen LogP) is 4.14. The first-order chi connectivity index (χ1) is 8.53. The maximum atomic E-state index is 12.3. The fraction of sp³-hybridized carbons (Fsp3) is 0.588. The highest BCUT2D eigenvalue weighted by molar-refractivity contribution is 5.85. The summed E-state index contributed by atoms with van der Waals surface area (Å²) in [6.45, 7) is 16.7. The highest BCUT2D eigenvalue weighted by Crippen LogP contribution is 2.52. The molecule has 0 aliphatic carbocycles. The van der Waals surface area contributed by atoms with E-state index in [1.165, 1.54) is 22.3 Å². The Balaban J connectivity index is 2.91. The van der Waals surface area contributed by atoms with Crippen molar-refractivity contribution in [2.24, 2.45) is 5.41 Å². The van der Waals surface area contributed by atoms with Crippen LogP contribution in [0, 0.1) is 33.1 Å². The normalized spacial score (nSPS) is 19.9. The molecule has 0 unspecified atom stereocenters. The summed E-state index contributed by atoms with van der Waals surface area (Å²) in [7, 11) is 0. The van der Waals surface area contributed by atoms with E-state index in [-0.39, 0.29) is 11.4 Å². The third-order valence-corrected chi connectivity index (χ3v) is 5.52. The van der Waals surface area contributed by atoms with Gasteiger partial charge in [0, 0.05) is 11.0 Å². The standard InChI is InChI=1S/C17H24O2/c1-9-10(2)12(4)14-13(11(9)3)16(5,6)17(7,8)15(18)19-14/h1-8H3. The molecule has 2 nitrogen and oxygen atoms in total. The Hall–Kier alpha value is -1.31. The summed E-state index contributed by atoms with van der Waals surface area (Å²) in [5.74, 6) is 0.658. The molecule has 1 aliphatic heterocycles. The summed E-state index contributed by atoms with van der Waals surface area (Å²) in [6.07, 6.45) is 0. The van der Waals surface area contributed by atoms with Crippen molar-refractivity contribution in [3.05, 3.63) is 27.8 Å². The zero-order valence-electron chi connectivity index (χ0n) is 13.3.